The smallest absolute Gasteiger partial charge is 0.210 e. The average molecular weight is 204 g/mol. The molecule has 0 bridgehead atoms. The zero-order valence-corrected chi connectivity index (χ0v) is 8.16. The first-order valence-electron chi connectivity index (χ1n) is 4.10. The normalized spacial score (nSPS) is 10.1. The van der Waals surface area contributed by atoms with E-state index in [1.165, 1.54) is 0 Å². The molecule has 0 saturated carbocycles. The van der Waals surface area contributed by atoms with Crippen LogP contribution in [0.5, 0.6) is 0 Å². The maximum Gasteiger partial charge on any atom is 0.210 e. The molecular formula is C10H8N2OS. The third-order valence-electron chi connectivity index (χ3n) is 1.85. The van der Waals surface area contributed by atoms with Gasteiger partial charge in [0.05, 0.1) is 0 Å². The molecule has 0 unspecified atom stereocenters. The summed E-state index contributed by atoms with van der Waals surface area (Å²) < 4.78 is 0. The van der Waals surface area contributed by atoms with Crippen LogP contribution in [0.1, 0.15) is 16.1 Å². The summed E-state index contributed by atoms with van der Waals surface area (Å²) in [7, 11) is 0. The molecule has 0 aliphatic heterocycles. The predicted molar refractivity (Wildman–Crippen MR) is 55.7 cm³/mol. The van der Waals surface area contributed by atoms with Crippen LogP contribution in [0.15, 0.2) is 41.4 Å². The van der Waals surface area contributed by atoms with Gasteiger partial charge >= 0.3 is 0 Å². The van der Waals surface area contributed by atoms with Crippen molar-refractivity contribution >= 4 is 18.4 Å². The number of nitrogens with one attached hydrogen (secondary N) is 1. The fourth-order valence-electron chi connectivity index (χ4n) is 1.18. The summed E-state index contributed by atoms with van der Waals surface area (Å²) in [5.74, 6) is -0.0709. The fourth-order valence-corrected chi connectivity index (χ4v) is 1.41. The maximum absolute atomic E-state index is 11.8. The van der Waals surface area contributed by atoms with E-state index in [9.17, 15) is 4.79 Å². The van der Waals surface area contributed by atoms with Gasteiger partial charge < -0.3 is 0 Å². The number of rotatable bonds is 2. The lowest BCUT2D eigenvalue weighted by Crippen LogP contribution is -2.01. The van der Waals surface area contributed by atoms with Crippen molar-refractivity contribution in [1.82, 2.24) is 10.2 Å². The second-order valence-electron chi connectivity index (χ2n) is 2.85. The Bertz CT molecular complexity index is 451. The number of hydrogen-bond donors (Lipinski definition) is 2. The van der Waals surface area contributed by atoms with Crippen molar-refractivity contribution in [3.05, 3.63) is 47.8 Å². The summed E-state index contributed by atoms with van der Waals surface area (Å²) in [4.78, 5) is 12.5. The molecular weight excluding hydrogens is 196 g/mol. The zero-order chi connectivity index (χ0) is 9.97. The lowest BCUT2D eigenvalue weighted by Gasteiger charge is -1.98. The fraction of sp³-hybridized carbons (Fsp3) is 0. The average Bonchev–Trinajstić information content (AvgIpc) is 2.69. The monoisotopic (exact) mass is 204 g/mol. The molecule has 0 amide bonds. The number of benzene rings is 1. The lowest BCUT2D eigenvalue weighted by molar-refractivity contribution is 0.103. The number of carbonyl (C=O) groups excluding carboxylic acids is 1. The van der Waals surface area contributed by atoms with Crippen molar-refractivity contribution in [3.8, 4) is 0 Å². The van der Waals surface area contributed by atoms with Crippen molar-refractivity contribution in [1.29, 1.82) is 0 Å². The molecule has 4 heteroatoms. The Kier molecular flexibility index (Phi) is 2.37. The molecule has 2 rings (SSSR count). The molecule has 3 nitrogen and oxygen atoms in total. The highest BCUT2D eigenvalue weighted by molar-refractivity contribution is 7.80. The van der Waals surface area contributed by atoms with Crippen LogP contribution in [0, 0.1) is 0 Å². The molecule has 1 N–H and O–H groups in total. The van der Waals surface area contributed by atoms with Gasteiger partial charge in [-0.25, -0.2) is 0 Å². The molecule has 0 aliphatic rings. The van der Waals surface area contributed by atoms with Crippen molar-refractivity contribution < 1.29 is 4.79 Å². The predicted octanol–water partition coefficient (Wildman–Crippen LogP) is 1.93. The molecule has 0 aliphatic carbocycles. The van der Waals surface area contributed by atoms with Gasteiger partial charge in [0.2, 0.25) is 5.78 Å². The maximum atomic E-state index is 11.8. The standard InChI is InChI=1S/C10H8N2OS/c13-10(9-4-5-11-12-9)7-2-1-3-8(14)6-7/h1-6,14H,(H,11,12). The number of aromatic amines is 1. The van der Waals surface area contributed by atoms with Crippen LogP contribution in [0.3, 0.4) is 0 Å². The molecule has 70 valence electrons. The number of carbonyl (C=O) groups is 1. The molecule has 2 aromatic rings. The molecule has 0 spiro atoms. The van der Waals surface area contributed by atoms with E-state index in [1.807, 2.05) is 6.07 Å². The van der Waals surface area contributed by atoms with Gasteiger partial charge in [0.1, 0.15) is 5.69 Å². The van der Waals surface area contributed by atoms with E-state index >= 15 is 0 Å². The largest absolute Gasteiger partial charge is 0.287 e. The minimum absolute atomic E-state index is 0.0709. The van der Waals surface area contributed by atoms with Crippen LogP contribution in [0.2, 0.25) is 0 Å². The molecule has 1 aromatic carbocycles. The summed E-state index contributed by atoms with van der Waals surface area (Å²) >= 11 is 4.17. The summed E-state index contributed by atoms with van der Waals surface area (Å²) in [6, 6.07) is 8.75. The Labute approximate surface area is 86.6 Å². The SMILES string of the molecule is O=C(c1cccc(S)c1)c1ccn[nH]1. The van der Waals surface area contributed by atoms with Gasteiger partial charge in [-0.1, -0.05) is 12.1 Å². The van der Waals surface area contributed by atoms with Crippen LogP contribution in [-0.4, -0.2) is 16.0 Å². The second-order valence-corrected chi connectivity index (χ2v) is 3.37. The molecule has 1 heterocycles. The molecule has 0 radical (unpaired) electrons. The first-order valence-corrected chi connectivity index (χ1v) is 4.55. The van der Waals surface area contributed by atoms with Crippen molar-refractivity contribution in [2.45, 2.75) is 4.90 Å². The number of aromatic nitrogens is 2. The van der Waals surface area contributed by atoms with E-state index in [0.717, 1.165) is 4.90 Å². The quantitative estimate of drug-likeness (QED) is 0.580. The summed E-state index contributed by atoms with van der Waals surface area (Å²) in [5, 5.41) is 6.36. The van der Waals surface area contributed by atoms with Gasteiger partial charge in [0.25, 0.3) is 0 Å². The van der Waals surface area contributed by atoms with Gasteiger partial charge in [-0.15, -0.1) is 12.6 Å². The summed E-state index contributed by atoms with van der Waals surface area (Å²) in [6.07, 6.45) is 1.55. The molecule has 0 fully saturated rings. The summed E-state index contributed by atoms with van der Waals surface area (Å²) in [6.45, 7) is 0. The Hall–Kier alpha value is -1.55. The van der Waals surface area contributed by atoms with Gasteiger partial charge in [-0.05, 0) is 18.2 Å². The van der Waals surface area contributed by atoms with E-state index in [4.69, 9.17) is 0 Å². The number of ketones is 1. The number of H-pyrrole nitrogens is 1. The second kappa shape index (κ2) is 3.67. The van der Waals surface area contributed by atoms with Crippen molar-refractivity contribution in [2.75, 3.05) is 0 Å². The minimum Gasteiger partial charge on any atom is -0.287 e. The van der Waals surface area contributed by atoms with E-state index in [0.29, 0.717) is 11.3 Å². The first kappa shape index (κ1) is 9.02. The Morgan fingerprint density at radius 1 is 1.36 bits per heavy atom. The van der Waals surface area contributed by atoms with Crippen molar-refractivity contribution in [3.63, 3.8) is 0 Å². The zero-order valence-electron chi connectivity index (χ0n) is 7.27. The highest BCUT2D eigenvalue weighted by Crippen LogP contribution is 2.12. The van der Waals surface area contributed by atoms with Crippen LogP contribution in [-0.2, 0) is 0 Å². The molecule has 0 saturated heterocycles. The number of hydrogen-bond acceptors (Lipinski definition) is 3. The van der Waals surface area contributed by atoms with E-state index in [1.54, 1.807) is 30.5 Å². The van der Waals surface area contributed by atoms with Gasteiger partial charge in [-0.3, -0.25) is 9.89 Å². The van der Waals surface area contributed by atoms with E-state index in [-0.39, 0.29) is 5.78 Å². The molecule has 0 atom stereocenters. The molecule has 14 heavy (non-hydrogen) atoms. The van der Waals surface area contributed by atoms with Gasteiger partial charge in [-0.2, -0.15) is 5.10 Å². The third-order valence-corrected chi connectivity index (χ3v) is 2.13. The topological polar surface area (TPSA) is 45.8 Å². The van der Waals surface area contributed by atoms with Crippen LogP contribution in [0.25, 0.3) is 0 Å². The Morgan fingerprint density at radius 2 is 2.21 bits per heavy atom. The Balaban J connectivity index is 2.37. The highest BCUT2D eigenvalue weighted by Gasteiger charge is 2.09. The van der Waals surface area contributed by atoms with E-state index in [2.05, 4.69) is 22.8 Å². The van der Waals surface area contributed by atoms with Gasteiger partial charge in [0.15, 0.2) is 0 Å². The number of nitrogens with zero attached hydrogens (tertiary/aromatic N) is 1. The highest BCUT2D eigenvalue weighted by atomic mass is 32.1. The summed E-state index contributed by atoms with van der Waals surface area (Å²) in [5.41, 5.74) is 1.10. The third kappa shape index (κ3) is 1.70. The van der Waals surface area contributed by atoms with E-state index < -0.39 is 0 Å². The first-order chi connectivity index (χ1) is 6.77. The minimum atomic E-state index is -0.0709. The van der Waals surface area contributed by atoms with Crippen molar-refractivity contribution in [2.24, 2.45) is 0 Å². The Morgan fingerprint density at radius 3 is 2.86 bits per heavy atom. The van der Waals surface area contributed by atoms with Crippen LogP contribution >= 0.6 is 12.6 Å². The lowest BCUT2D eigenvalue weighted by atomic mass is 10.1. The van der Waals surface area contributed by atoms with Gasteiger partial charge in [0, 0.05) is 16.7 Å². The van der Waals surface area contributed by atoms with Crippen LogP contribution in [0.4, 0.5) is 0 Å². The molecule has 1 aromatic heterocycles. The van der Waals surface area contributed by atoms with Crippen LogP contribution < -0.4 is 0 Å². The number of thiol groups is 1.